The van der Waals surface area contributed by atoms with Gasteiger partial charge in [0.1, 0.15) is 5.82 Å². The van der Waals surface area contributed by atoms with Gasteiger partial charge in [0, 0.05) is 9.81 Å². The number of aromatic nitrogens is 2. The largest absolute Gasteiger partial charge is 0.353 e. The highest BCUT2D eigenvalue weighted by molar-refractivity contribution is 7.98. The SMILES string of the molecule is CSc1ccc(-c2cc(N=[N+]=[N-])nc(=O)n2-c2ccccc2)cc1. The maximum absolute atomic E-state index is 12.5. The summed E-state index contributed by atoms with van der Waals surface area (Å²) in [5.74, 6) is 0.0543. The van der Waals surface area contributed by atoms with Gasteiger partial charge in [-0.3, -0.25) is 4.57 Å². The van der Waals surface area contributed by atoms with Gasteiger partial charge in [-0.05, 0) is 52.8 Å². The summed E-state index contributed by atoms with van der Waals surface area (Å²) in [6.45, 7) is 0. The number of hydrogen-bond acceptors (Lipinski definition) is 4. The molecule has 0 unspecified atom stereocenters. The molecule has 0 radical (unpaired) electrons. The van der Waals surface area contributed by atoms with Gasteiger partial charge in [0.25, 0.3) is 0 Å². The molecule has 0 N–H and O–H groups in total. The molecule has 0 aliphatic heterocycles. The third-order valence-electron chi connectivity index (χ3n) is 3.46. The molecule has 2 aromatic carbocycles. The standard InChI is InChI=1S/C17H13N5OS/c1-24-14-9-7-12(8-10-14)15-11-16(20-21-18)19-17(23)22(15)13-5-3-2-4-6-13/h2-11H,1H3. The molecule has 118 valence electrons. The second kappa shape index (κ2) is 7.04. The Kier molecular flexibility index (Phi) is 4.65. The van der Waals surface area contributed by atoms with Crippen LogP contribution >= 0.6 is 11.8 Å². The van der Waals surface area contributed by atoms with E-state index in [0.717, 1.165) is 10.5 Å². The Morgan fingerprint density at radius 1 is 1.12 bits per heavy atom. The summed E-state index contributed by atoms with van der Waals surface area (Å²) in [7, 11) is 0. The minimum Gasteiger partial charge on any atom is -0.261 e. The molecule has 3 aromatic rings. The van der Waals surface area contributed by atoms with Crippen molar-refractivity contribution < 1.29 is 0 Å². The van der Waals surface area contributed by atoms with Crippen LogP contribution in [0.3, 0.4) is 0 Å². The van der Waals surface area contributed by atoms with Crippen LogP contribution in [-0.4, -0.2) is 15.8 Å². The topological polar surface area (TPSA) is 83.7 Å². The van der Waals surface area contributed by atoms with E-state index in [2.05, 4.69) is 15.0 Å². The average molecular weight is 335 g/mol. The van der Waals surface area contributed by atoms with Gasteiger partial charge in [0.2, 0.25) is 0 Å². The fraction of sp³-hybridized carbons (Fsp3) is 0.0588. The van der Waals surface area contributed by atoms with Crippen molar-refractivity contribution >= 4 is 17.6 Å². The summed E-state index contributed by atoms with van der Waals surface area (Å²) in [5, 5.41) is 3.47. The fourth-order valence-electron chi connectivity index (χ4n) is 2.37. The molecular weight excluding hydrogens is 322 g/mol. The van der Waals surface area contributed by atoms with Crippen molar-refractivity contribution in [2.24, 2.45) is 5.11 Å². The molecule has 7 heteroatoms. The fourth-order valence-corrected chi connectivity index (χ4v) is 2.78. The van der Waals surface area contributed by atoms with E-state index in [1.165, 1.54) is 4.57 Å². The van der Waals surface area contributed by atoms with E-state index in [1.54, 1.807) is 17.8 Å². The summed E-state index contributed by atoms with van der Waals surface area (Å²) in [5.41, 5.74) is 10.3. The van der Waals surface area contributed by atoms with Gasteiger partial charge in [-0.15, -0.1) is 11.8 Å². The molecule has 1 aromatic heterocycles. The maximum atomic E-state index is 12.5. The van der Waals surface area contributed by atoms with Crippen LogP contribution in [0.5, 0.6) is 0 Å². The molecule has 0 amide bonds. The predicted octanol–water partition coefficient (Wildman–Crippen LogP) is 4.56. The van der Waals surface area contributed by atoms with Crippen LogP contribution in [0.2, 0.25) is 0 Å². The summed E-state index contributed by atoms with van der Waals surface area (Å²) in [4.78, 5) is 20.2. The van der Waals surface area contributed by atoms with Gasteiger partial charge in [0.05, 0.1) is 11.4 Å². The number of rotatable bonds is 4. The molecule has 0 fully saturated rings. The first-order valence-corrected chi connectivity index (χ1v) is 8.34. The molecule has 1 heterocycles. The highest BCUT2D eigenvalue weighted by Crippen LogP contribution is 2.26. The maximum Gasteiger partial charge on any atom is 0.353 e. The number of thioether (sulfide) groups is 1. The molecule has 0 aliphatic carbocycles. The Balaban J connectivity index is 2.27. The zero-order valence-corrected chi connectivity index (χ0v) is 13.6. The first-order chi connectivity index (χ1) is 11.7. The van der Waals surface area contributed by atoms with Crippen molar-refractivity contribution in [1.82, 2.24) is 9.55 Å². The number of azide groups is 1. The highest BCUT2D eigenvalue weighted by atomic mass is 32.2. The molecule has 24 heavy (non-hydrogen) atoms. The Bertz CT molecular complexity index is 961. The van der Waals surface area contributed by atoms with Gasteiger partial charge in [-0.1, -0.05) is 30.3 Å². The van der Waals surface area contributed by atoms with Crippen LogP contribution in [-0.2, 0) is 0 Å². The summed E-state index contributed by atoms with van der Waals surface area (Å²) >= 11 is 1.64. The Labute approximate surface area is 142 Å². The molecule has 0 saturated heterocycles. The molecule has 6 nitrogen and oxygen atoms in total. The second-order valence-electron chi connectivity index (χ2n) is 4.87. The summed E-state index contributed by atoms with van der Waals surface area (Å²) < 4.78 is 1.50. The van der Waals surface area contributed by atoms with Crippen molar-refractivity contribution in [3.05, 3.63) is 81.6 Å². The smallest absolute Gasteiger partial charge is 0.261 e. The van der Waals surface area contributed by atoms with Gasteiger partial charge < -0.3 is 0 Å². The third-order valence-corrected chi connectivity index (χ3v) is 4.20. The quantitative estimate of drug-likeness (QED) is 0.303. The predicted molar refractivity (Wildman–Crippen MR) is 95.9 cm³/mol. The lowest BCUT2D eigenvalue weighted by Crippen LogP contribution is -2.22. The van der Waals surface area contributed by atoms with Crippen molar-refractivity contribution in [3.63, 3.8) is 0 Å². The third kappa shape index (κ3) is 3.17. The van der Waals surface area contributed by atoms with E-state index in [1.807, 2.05) is 60.9 Å². The lowest BCUT2D eigenvalue weighted by molar-refractivity contribution is 0.921. The highest BCUT2D eigenvalue weighted by Gasteiger charge is 2.11. The second-order valence-corrected chi connectivity index (χ2v) is 5.75. The monoisotopic (exact) mass is 335 g/mol. The van der Waals surface area contributed by atoms with E-state index in [4.69, 9.17) is 5.53 Å². The Hall–Kier alpha value is -3.02. The number of nitrogens with zero attached hydrogens (tertiary/aromatic N) is 5. The number of para-hydroxylation sites is 1. The van der Waals surface area contributed by atoms with Crippen molar-refractivity contribution in [2.75, 3.05) is 6.26 Å². The van der Waals surface area contributed by atoms with Crippen LogP contribution in [0.15, 0.2) is 75.5 Å². The average Bonchev–Trinajstić information content (AvgIpc) is 2.62. The molecule has 0 atom stereocenters. The van der Waals surface area contributed by atoms with E-state index in [0.29, 0.717) is 11.4 Å². The lowest BCUT2D eigenvalue weighted by Gasteiger charge is -2.13. The summed E-state index contributed by atoms with van der Waals surface area (Å²) in [6, 6.07) is 18.7. The summed E-state index contributed by atoms with van der Waals surface area (Å²) in [6.07, 6.45) is 2.00. The van der Waals surface area contributed by atoms with Crippen LogP contribution in [0.25, 0.3) is 27.4 Å². The normalized spacial score (nSPS) is 10.2. The number of benzene rings is 2. The molecule has 0 bridgehead atoms. The minimum atomic E-state index is -0.491. The molecule has 0 spiro atoms. The van der Waals surface area contributed by atoms with Gasteiger partial charge in [-0.25, -0.2) is 4.79 Å². The first-order valence-electron chi connectivity index (χ1n) is 7.12. The van der Waals surface area contributed by atoms with Crippen molar-refractivity contribution in [1.29, 1.82) is 0 Å². The molecule has 0 saturated carbocycles. The zero-order valence-electron chi connectivity index (χ0n) is 12.8. The molecular formula is C17H13N5OS. The minimum absolute atomic E-state index is 0.0543. The van der Waals surface area contributed by atoms with Crippen LogP contribution in [0, 0.1) is 0 Å². The van der Waals surface area contributed by atoms with E-state index in [9.17, 15) is 4.79 Å². The van der Waals surface area contributed by atoms with E-state index >= 15 is 0 Å². The number of hydrogen-bond donors (Lipinski definition) is 0. The van der Waals surface area contributed by atoms with Gasteiger partial charge in [0.15, 0.2) is 0 Å². The van der Waals surface area contributed by atoms with Crippen molar-refractivity contribution in [2.45, 2.75) is 4.90 Å². The first kappa shape index (κ1) is 15.9. The van der Waals surface area contributed by atoms with Crippen LogP contribution in [0.4, 0.5) is 5.82 Å². The van der Waals surface area contributed by atoms with E-state index in [-0.39, 0.29) is 5.82 Å². The van der Waals surface area contributed by atoms with Gasteiger partial charge in [-0.2, -0.15) is 4.98 Å². The van der Waals surface area contributed by atoms with Crippen LogP contribution in [0.1, 0.15) is 0 Å². The molecule has 0 aliphatic rings. The van der Waals surface area contributed by atoms with Crippen molar-refractivity contribution in [3.8, 4) is 16.9 Å². The zero-order chi connectivity index (χ0) is 16.9. The van der Waals surface area contributed by atoms with Crippen LogP contribution < -0.4 is 5.69 Å². The molecule has 3 rings (SSSR count). The Morgan fingerprint density at radius 2 is 1.83 bits per heavy atom. The lowest BCUT2D eigenvalue weighted by atomic mass is 10.1. The van der Waals surface area contributed by atoms with E-state index < -0.39 is 5.69 Å². The van der Waals surface area contributed by atoms with Gasteiger partial charge >= 0.3 is 5.69 Å². The Morgan fingerprint density at radius 3 is 2.46 bits per heavy atom.